The van der Waals surface area contributed by atoms with Crippen LogP contribution in [0.2, 0.25) is 0 Å². The zero-order valence-corrected chi connectivity index (χ0v) is 13.3. The minimum Gasteiger partial charge on any atom is -0.480 e. The number of benzene rings is 2. The Kier molecular flexibility index (Phi) is 3.98. The molecule has 0 radical (unpaired) electrons. The van der Waals surface area contributed by atoms with E-state index in [1.165, 1.54) is 0 Å². The highest BCUT2D eigenvalue weighted by Crippen LogP contribution is 2.49. The third-order valence-electron chi connectivity index (χ3n) is 4.47. The van der Waals surface area contributed by atoms with Crippen LogP contribution in [-0.2, 0) is 4.79 Å². The van der Waals surface area contributed by atoms with Crippen LogP contribution in [0.4, 0.5) is 0 Å². The summed E-state index contributed by atoms with van der Waals surface area (Å²) in [6.45, 7) is 0. The van der Waals surface area contributed by atoms with Crippen LogP contribution in [0, 0.1) is 0 Å². The standard InChI is InChI=1S/C18H19NO2S/c1-22-11-10-18(19,17(20)21)16-14-8-4-2-6-12(14)13-7-3-5-9-15(13)16/h2-9,16H,10-11,19H2,1H3,(H,20,21)/t18-/m0/s1. The lowest BCUT2D eigenvalue weighted by Crippen LogP contribution is -2.53. The smallest absolute Gasteiger partial charge is 0.324 e. The topological polar surface area (TPSA) is 63.3 Å². The summed E-state index contributed by atoms with van der Waals surface area (Å²) in [4.78, 5) is 12.0. The van der Waals surface area contributed by atoms with Crippen molar-refractivity contribution in [1.82, 2.24) is 0 Å². The fourth-order valence-corrected chi connectivity index (χ4v) is 3.90. The van der Waals surface area contributed by atoms with Crippen LogP contribution in [0.1, 0.15) is 23.5 Å². The zero-order valence-electron chi connectivity index (χ0n) is 12.5. The van der Waals surface area contributed by atoms with E-state index >= 15 is 0 Å². The third kappa shape index (κ3) is 2.23. The lowest BCUT2D eigenvalue weighted by Gasteiger charge is -2.32. The summed E-state index contributed by atoms with van der Waals surface area (Å²) in [7, 11) is 0. The molecule has 2 aromatic carbocycles. The van der Waals surface area contributed by atoms with Gasteiger partial charge in [-0.05, 0) is 40.7 Å². The largest absolute Gasteiger partial charge is 0.480 e. The summed E-state index contributed by atoms with van der Waals surface area (Å²) in [5.74, 6) is -0.508. The fraction of sp³-hybridized carbons (Fsp3) is 0.278. The van der Waals surface area contributed by atoms with Crippen molar-refractivity contribution in [2.45, 2.75) is 17.9 Å². The number of thioether (sulfide) groups is 1. The Bertz CT molecular complexity index is 670. The van der Waals surface area contributed by atoms with Crippen molar-refractivity contribution >= 4 is 17.7 Å². The molecule has 0 fully saturated rings. The zero-order chi connectivity index (χ0) is 15.7. The first kappa shape index (κ1) is 15.1. The van der Waals surface area contributed by atoms with Gasteiger partial charge in [0.1, 0.15) is 5.54 Å². The number of hydrogen-bond donors (Lipinski definition) is 2. The average Bonchev–Trinajstić information content (AvgIpc) is 2.87. The summed E-state index contributed by atoms with van der Waals surface area (Å²) in [5.41, 5.74) is 9.41. The molecule has 114 valence electrons. The van der Waals surface area contributed by atoms with E-state index in [1.54, 1.807) is 11.8 Å². The molecule has 0 bridgehead atoms. The molecule has 0 aromatic heterocycles. The lowest BCUT2D eigenvalue weighted by molar-refractivity contribution is -0.144. The minimum absolute atomic E-state index is 0.301. The molecule has 3 N–H and O–H groups in total. The highest BCUT2D eigenvalue weighted by atomic mass is 32.2. The van der Waals surface area contributed by atoms with Gasteiger partial charge in [0, 0.05) is 5.92 Å². The van der Waals surface area contributed by atoms with Gasteiger partial charge in [0.2, 0.25) is 0 Å². The van der Waals surface area contributed by atoms with Crippen LogP contribution in [0.15, 0.2) is 48.5 Å². The Hall–Kier alpha value is -1.78. The predicted molar refractivity (Wildman–Crippen MR) is 91.3 cm³/mol. The third-order valence-corrected chi connectivity index (χ3v) is 5.08. The molecule has 22 heavy (non-hydrogen) atoms. The van der Waals surface area contributed by atoms with Crippen LogP contribution in [0.25, 0.3) is 11.1 Å². The molecule has 3 rings (SSSR count). The molecule has 2 aromatic rings. The van der Waals surface area contributed by atoms with E-state index in [0.717, 1.165) is 28.0 Å². The average molecular weight is 313 g/mol. The van der Waals surface area contributed by atoms with E-state index < -0.39 is 11.5 Å². The molecular formula is C18H19NO2S. The number of carbonyl (C=O) groups is 1. The minimum atomic E-state index is -1.29. The van der Waals surface area contributed by atoms with Crippen molar-refractivity contribution in [3.8, 4) is 11.1 Å². The molecule has 1 aliphatic carbocycles. The van der Waals surface area contributed by atoms with Crippen molar-refractivity contribution in [3.63, 3.8) is 0 Å². The maximum atomic E-state index is 12.0. The number of carboxylic acid groups (broad SMARTS) is 1. The summed E-state index contributed by atoms with van der Waals surface area (Å²) in [6.07, 6.45) is 2.41. The first-order chi connectivity index (χ1) is 10.6. The van der Waals surface area contributed by atoms with E-state index in [4.69, 9.17) is 5.73 Å². The van der Waals surface area contributed by atoms with Crippen LogP contribution in [0.3, 0.4) is 0 Å². The van der Waals surface area contributed by atoms with Gasteiger partial charge in [0.05, 0.1) is 0 Å². The second-order valence-corrected chi connectivity index (χ2v) is 6.68. The molecule has 1 aliphatic rings. The Balaban J connectivity index is 2.19. The number of fused-ring (bicyclic) bond motifs is 3. The van der Waals surface area contributed by atoms with Crippen LogP contribution in [0.5, 0.6) is 0 Å². The van der Waals surface area contributed by atoms with Gasteiger partial charge in [-0.15, -0.1) is 0 Å². The van der Waals surface area contributed by atoms with Crippen molar-refractivity contribution in [2.75, 3.05) is 12.0 Å². The fourth-order valence-electron chi connectivity index (χ4n) is 3.36. The molecule has 1 atom stereocenters. The van der Waals surface area contributed by atoms with Gasteiger partial charge in [0.15, 0.2) is 0 Å². The molecule has 0 saturated heterocycles. The first-order valence-electron chi connectivity index (χ1n) is 7.29. The van der Waals surface area contributed by atoms with E-state index in [-0.39, 0.29) is 5.92 Å². The number of hydrogen-bond acceptors (Lipinski definition) is 3. The van der Waals surface area contributed by atoms with Crippen LogP contribution >= 0.6 is 11.8 Å². The molecule has 4 heteroatoms. The van der Waals surface area contributed by atoms with Gasteiger partial charge in [-0.25, -0.2) is 0 Å². The van der Waals surface area contributed by atoms with E-state index in [1.807, 2.05) is 54.8 Å². The van der Waals surface area contributed by atoms with E-state index in [2.05, 4.69) is 0 Å². The van der Waals surface area contributed by atoms with Crippen LogP contribution < -0.4 is 5.73 Å². The van der Waals surface area contributed by atoms with Gasteiger partial charge in [-0.3, -0.25) is 4.79 Å². The van der Waals surface area contributed by atoms with Crippen LogP contribution in [-0.4, -0.2) is 28.6 Å². The highest BCUT2D eigenvalue weighted by Gasteiger charge is 2.47. The normalized spacial score (nSPS) is 15.9. The molecular weight excluding hydrogens is 294 g/mol. The second kappa shape index (κ2) is 5.78. The monoisotopic (exact) mass is 313 g/mol. The molecule has 0 unspecified atom stereocenters. The summed E-state index contributed by atoms with van der Waals surface area (Å²) in [5, 5.41) is 9.84. The van der Waals surface area contributed by atoms with Crippen molar-refractivity contribution in [2.24, 2.45) is 5.73 Å². The van der Waals surface area contributed by atoms with E-state index in [0.29, 0.717) is 6.42 Å². The first-order valence-corrected chi connectivity index (χ1v) is 8.68. The van der Waals surface area contributed by atoms with Gasteiger partial charge >= 0.3 is 5.97 Å². The van der Waals surface area contributed by atoms with Crippen molar-refractivity contribution in [1.29, 1.82) is 0 Å². The van der Waals surface area contributed by atoms with E-state index in [9.17, 15) is 9.90 Å². The predicted octanol–water partition coefficient (Wildman–Crippen LogP) is 3.33. The summed E-state index contributed by atoms with van der Waals surface area (Å²) < 4.78 is 0. The molecule has 0 heterocycles. The lowest BCUT2D eigenvalue weighted by atomic mass is 9.76. The molecule has 0 amide bonds. The van der Waals surface area contributed by atoms with Gasteiger partial charge in [-0.2, -0.15) is 11.8 Å². The summed E-state index contributed by atoms with van der Waals surface area (Å²) in [6, 6.07) is 16.0. The Morgan fingerprint density at radius 1 is 1.14 bits per heavy atom. The van der Waals surface area contributed by atoms with Gasteiger partial charge in [0.25, 0.3) is 0 Å². The maximum absolute atomic E-state index is 12.0. The second-order valence-electron chi connectivity index (χ2n) is 5.70. The molecule has 3 nitrogen and oxygen atoms in total. The molecule has 0 spiro atoms. The Labute approximate surface area is 134 Å². The Morgan fingerprint density at radius 3 is 2.09 bits per heavy atom. The Morgan fingerprint density at radius 2 is 1.64 bits per heavy atom. The number of rotatable bonds is 5. The number of nitrogens with two attached hydrogens (primary N) is 1. The molecule has 0 aliphatic heterocycles. The number of carboxylic acids is 1. The number of aliphatic carboxylic acids is 1. The van der Waals surface area contributed by atoms with Crippen molar-refractivity contribution < 1.29 is 9.90 Å². The molecule has 0 saturated carbocycles. The SMILES string of the molecule is CSCC[C@@](N)(C(=O)O)C1c2ccccc2-c2ccccc21. The quantitative estimate of drug-likeness (QED) is 0.888. The highest BCUT2D eigenvalue weighted by molar-refractivity contribution is 7.98. The van der Waals surface area contributed by atoms with Gasteiger partial charge < -0.3 is 10.8 Å². The van der Waals surface area contributed by atoms with Crippen molar-refractivity contribution in [3.05, 3.63) is 59.7 Å². The summed E-state index contributed by atoms with van der Waals surface area (Å²) >= 11 is 1.62. The maximum Gasteiger partial charge on any atom is 0.324 e. The van der Waals surface area contributed by atoms with Gasteiger partial charge in [-0.1, -0.05) is 48.5 Å².